The van der Waals surface area contributed by atoms with Crippen LogP contribution in [0.15, 0.2) is 12.1 Å². The quantitative estimate of drug-likeness (QED) is 0.689. The van der Waals surface area contributed by atoms with E-state index in [2.05, 4.69) is 10.3 Å². The Morgan fingerprint density at radius 2 is 2.38 bits per heavy atom. The molecule has 0 aromatic carbocycles. The van der Waals surface area contributed by atoms with E-state index in [1.54, 1.807) is 19.2 Å². The van der Waals surface area contributed by atoms with Crippen LogP contribution in [0.1, 0.15) is 12.8 Å². The summed E-state index contributed by atoms with van der Waals surface area (Å²) >= 11 is 0. The highest BCUT2D eigenvalue weighted by Crippen LogP contribution is 2.32. The highest BCUT2D eigenvalue weighted by Gasteiger charge is 2.29. The number of aliphatic hydroxyl groups is 1. The van der Waals surface area contributed by atoms with E-state index in [0.717, 1.165) is 12.8 Å². The molecule has 5 heteroatoms. The Hall–Kier alpha value is -1.49. The van der Waals surface area contributed by atoms with Gasteiger partial charge in [0.25, 0.3) is 0 Å². The van der Waals surface area contributed by atoms with Gasteiger partial charge in [-0.1, -0.05) is 0 Å². The molecule has 1 unspecified atom stereocenters. The number of nitrogens with zero attached hydrogens (tertiary/aromatic N) is 1. The SMILES string of the molecule is COc1ccc(N)c(NCC(O)C2CC2)n1. The Bertz CT molecular complexity index is 366. The number of pyridine rings is 1. The fourth-order valence-corrected chi connectivity index (χ4v) is 1.56. The van der Waals surface area contributed by atoms with Crippen molar-refractivity contribution in [1.82, 2.24) is 4.98 Å². The average Bonchev–Trinajstić information content (AvgIpc) is 3.11. The second-order valence-corrected chi connectivity index (χ2v) is 4.08. The number of aromatic nitrogens is 1. The molecule has 1 atom stereocenters. The Balaban J connectivity index is 1.96. The van der Waals surface area contributed by atoms with Crippen LogP contribution in [0, 0.1) is 5.92 Å². The molecule has 0 bridgehead atoms. The molecule has 0 aliphatic heterocycles. The van der Waals surface area contributed by atoms with E-state index in [-0.39, 0.29) is 6.10 Å². The van der Waals surface area contributed by atoms with Crippen molar-refractivity contribution < 1.29 is 9.84 Å². The standard InChI is InChI=1S/C11H17N3O2/c1-16-10-5-4-8(12)11(14-10)13-6-9(15)7-2-3-7/h4-5,7,9,15H,2-3,6,12H2,1H3,(H,13,14). The van der Waals surface area contributed by atoms with Crippen LogP contribution in [0.25, 0.3) is 0 Å². The summed E-state index contributed by atoms with van der Waals surface area (Å²) in [4.78, 5) is 4.17. The van der Waals surface area contributed by atoms with Crippen molar-refractivity contribution in [3.05, 3.63) is 12.1 Å². The van der Waals surface area contributed by atoms with Crippen molar-refractivity contribution in [3.63, 3.8) is 0 Å². The lowest BCUT2D eigenvalue weighted by molar-refractivity contribution is 0.164. The van der Waals surface area contributed by atoms with Gasteiger partial charge in [-0.2, -0.15) is 4.98 Å². The Labute approximate surface area is 94.6 Å². The molecule has 0 saturated heterocycles. The number of ether oxygens (including phenoxy) is 1. The monoisotopic (exact) mass is 223 g/mol. The number of aliphatic hydroxyl groups excluding tert-OH is 1. The van der Waals surface area contributed by atoms with E-state index in [0.29, 0.717) is 29.8 Å². The fourth-order valence-electron chi connectivity index (χ4n) is 1.56. The van der Waals surface area contributed by atoms with E-state index in [9.17, 15) is 5.11 Å². The molecular formula is C11H17N3O2. The topological polar surface area (TPSA) is 80.4 Å². The first-order chi connectivity index (χ1) is 7.70. The summed E-state index contributed by atoms with van der Waals surface area (Å²) in [5, 5.41) is 12.7. The molecule has 1 aliphatic rings. The second-order valence-electron chi connectivity index (χ2n) is 4.08. The second kappa shape index (κ2) is 4.57. The predicted molar refractivity (Wildman–Crippen MR) is 62.4 cm³/mol. The summed E-state index contributed by atoms with van der Waals surface area (Å²) in [6.45, 7) is 0.481. The first kappa shape index (κ1) is 11.0. The van der Waals surface area contributed by atoms with E-state index in [1.807, 2.05) is 0 Å². The largest absolute Gasteiger partial charge is 0.481 e. The van der Waals surface area contributed by atoms with Gasteiger partial charge in [0.15, 0.2) is 5.82 Å². The summed E-state index contributed by atoms with van der Waals surface area (Å²) in [6, 6.07) is 3.44. The van der Waals surface area contributed by atoms with Gasteiger partial charge >= 0.3 is 0 Å². The van der Waals surface area contributed by atoms with Crippen LogP contribution in [0.2, 0.25) is 0 Å². The van der Waals surface area contributed by atoms with Crippen LogP contribution >= 0.6 is 0 Å². The number of nitrogens with one attached hydrogen (secondary N) is 1. The molecular weight excluding hydrogens is 206 g/mol. The zero-order valence-electron chi connectivity index (χ0n) is 9.31. The highest BCUT2D eigenvalue weighted by molar-refractivity contribution is 5.61. The number of hydrogen-bond donors (Lipinski definition) is 3. The van der Waals surface area contributed by atoms with Crippen LogP contribution in [-0.2, 0) is 0 Å². The summed E-state index contributed by atoms with van der Waals surface area (Å²) in [5.41, 5.74) is 6.32. The number of methoxy groups -OCH3 is 1. The smallest absolute Gasteiger partial charge is 0.215 e. The third-order valence-electron chi connectivity index (χ3n) is 2.75. The number of nitrogens with two attached hydrogens (primary N) is 1. The summed E-state index contributed by atoms with van der Waals surface area (Å²) in [5.74, 6) is 1.52. The van der Waals surface area contributed by atoms with Gasteiger partial charge in [-0.25, -0.2) is 0 Å². The first-order valence-electron chi connectivity index (χ1n) is 5.43. The van der Waals surface area contributed by atoms with Crippen molar-refractivity contribution in [2.75, 3.05) is 24.7 Å². The van der Waals surface area contributed by atoms with Gasteiger partial charge in [-0.05, 0) is 24.8 Å². The molecule has 88 valence electrons. The Morgan fingerprint density at radius 3 is 3.00 bits per heavy atom. The van der Waals surface area contributed by atoms with Crippen LogP contribution in [0.5, 0.6) is 5.88 Å². The minimum atomic E-state index is -0.313. The summed E-state index contributed by atoms with van der Waals surface area (Å²) in [6.07, 6.45) is 1.92. The number of anilines is 2. The molecule has 1 heterocycles. The van der Waals surface area contributed by atoms with E-state index in [4.69, 9.17) is 10.5 Å². The van der Waals surface area contributed by atoms with Gasteiger partial charge in [-0.15, -0.1) is 0 Å². The molecule has 1 aromatic heterocycles. The lowest BCUT2D eigenvalue weighted by Crippen LogP contribution is -2.22. The lowest BCUT2D eigenvalue weighted by atomic mass is 10.2. The van der Waals surface area contributed by atoms with Gasteiger partial charge in [0, 0.05) is 12.6 Å². The third kappa shape index (κ3) is 2.55. The Morgan fingerprint density at radius 1 is 1.62 bits per heavy atom. The maximum absolute atomic E-state index is 9.71. The Kier molecular flexibility index (Phi) is 3.14. The number of nitrogen functional groups attached to an aromatic ring is 1. The van der Waals surface area contributed by atoms with Crippen LogP contribution < -0.4 is 15.8 Å². The molecule has 16 heavy (non-hydrogen) atoms. The van der Waals surface area contributed by atoms with Crippen LogP contribution in [0.4, 0.5) is 11.5 Å². The average molecular weight is 223 g/mol. The van der Waals surface area contributed by atoms with E-state index < -0.39 is 0 Å². The zero-order valence-corrected chi connectivity index (χ0v) is 9.31. The first-order valence-corrected chi connectivity index (χ1v) is 5.43. The number of hydrogen-bond acceptors (Lipinski definition) is 5. The zero-order chi connectivity index (χ0) is 11.5. The maximum atomic E-state index is 9.71. The molecule has 0 amide bonds. The normalized spacial score (nSPS) is 16.9. The predicted octanol–water partition coefficient (Wildman–Crippen LogP) is 0.855. The number of rotatable bonds is 5. The maximum Gasteiger partial charge on any atom is 0.215 e. The van der Waals surface area contributed by atoms with Crippen LogP contribution in [0.3, 0.4) is 0 Å². The molecule has 1 fully saturated rings. The molecule has 1 aliphatic carbocycles. The molecule has 4 N–H and O–H groups in total. The minimum Gasteiger partial charge on any atom is -0.481 e. The summed E-state index contributed by atoms with van der Waals surface area (Å²) in [7, 11) is 1.56. The van der Waals surface area contributed by atoms with Gasteiger partial charge in [0.2, 0.25) is 5.88 Å². The molecule has 0 spiro atoms. The van der Waals surface area contributed by atoms with Gasteiger partial charge < -0.3 is 20.9 Å². The molecule has 2 rings (SSSR count). The fraction of sp³-hybridized carbons (Fsp3) is 0.545. The van der Waals surface area contributed by atoms with Crippen molar-refractivity contribution in [2.24, 2.45) is 5.92 Å². The lowest BCUT2D eigenvalue weighted by Gasteiger charge is -2.13. The highest BCUT2D eigenvalue weighted by atomic mass is 16.5. The minimum absolute atomic E-state index is 0.313. The van der Waals surface area contributed by atoms with E-state index >= 15 is 0 Å². The third-order valence-corrected chi connectivity index (χ3v) is 2.75. The van der Waals surface area contributed by atoms with Crippen molar-refractivity contribution in [3.8, 4) is 5.88 Å². The summed E-state index contributed by atoms with van der Waals surface area (Å²) < 4.78 is 5.01. The molecule has 1 aromatic rings. The van der Waals surface area contributed by atoms with E-state index in [1.165, 1.54) is 0 Å². The molecule has 5 nitrogen and oxygen atoms in total. The van der Waals surface area contributed by atoms with Gasteiger partial charge in [0.05, 0.1) is 18.9 Å². The van der Waals surface area contributed by atoms with Crippen molar-refractivity contribution >= 4 is 11.5 Å². The molecule has 1 saturated carbocycles. The molecule has 0 radical (unpaired) electrons. The van der Waals surface area contributed by atoms with Crippen LogP contribution in [-0.4, -0.2) is 29.8 Å². The van der Waals surface area contributed by atoms with Crippen molar-refractivity contribution in [2.45, 2.75) is 18.9 Å². The van der Waals surface area contributed by atoms with Gasteiger partial charge in [0.1, 0.15) is 0 Å². The van der Waals surface area contributed by atoms with Gasteiger partial charge in [-0.3, -0.25) is 0 Å². The van der Waals surface area contributed by atoms with Crippen molar-refractivity contribution in [1.29, 1.82) is 0 Å².